The topological polar surface area (TPSA) is 82.1 Å². The zero-order chi connectivity index (χ0) is 14.4. The van der Waals surface area contributed by atoms with Crippen LogP contribution >= 0.6 is 15.9 Å². The smallest absolute Gasteiger partial charge is 0.463 e. The van der Waals surface area contributed by atoms with Crippen LogP contribution in [0.4, 0.5) is 13.6 Å². The number of carbonyl (C=O) groups excluding carboxylic acids is 2. The van der Waals surface area contributed by atoms with Crippen molar-refractivity contribution in [1.82, 2.24) is 0 Å². The summed E-state index contributed by atoms with van der Waals surface area (Å²) < 4.78 is 41.6. The van der Waals surface area contributed by atoms with E-state index in [9.17, 15) is 23.5 Å². The number of esters is 1. The SMILES string of the molecule is CCOC(=O)[C@]12OC(=O)O[C@H]1C=C(Br)[C@H](O)C2(F)F. The molecule has 0 aromatic heterocycles. The van der Waals surface area contributed by atoms with Crippen molar-refractivity contribution in [3.05, 3.63) is 10.6 Å². The molecule has 0 amide bonds. The van der Waals surface area contributed by atoms with E-state index in [2.05, 4.69) is 30.1 Å². The van der Waals surface area contributed by atoms with Gasteiger partial charge in [0, 0.05) is 4.48 Å². The van der Waals surface area contributed by atoms with Crippen molar-refractivity contribution in [2.75, 3.05) is 6.61 Å². The summed E-state index contributed by atoms with van der Waals surface area (Å²) in [5.74, 6) is -5.56. The number of fused-ring (bicyclic) bond motifs is 1. The fourth-order valence-electron chi connectivity index (χ4n) is 1.95. The Kier molecular flexibility index (Phi) is 3.29. The lowest BCUT2D eigenvalue weighted by molar-refractivity contribution is -0.233. The molecule has 2 aliphatic rings. The summed E-state index contributed by atoms with van der Waals surface area (Å²) in [6.45, 7) is 1.21. The van der Waals surface area contributed by atoms with Gasteiger partial charge in [-0.05, 0) is 13.0 Å². The molecule has 0 aromatic rings. The summed E-state index contributed by atoms with van der Waals surface area (Å²) in [6, 6.07) is 0. The summed E-state index contributed by atoms with van der Waals surface area (Å²) in [6.07, 6.45) is -4.47. The summed E-state index contributed by atoms with van der Waals surface area (Å²) in [7, 11) is 0. The van der Waals surface area contributed by atoms with Crippen molar-refractivity contribution >= 4 is 28.1 Å². The van der Waals surface area contributed by atoms with Gasteiger partial charge in [0.1, 0.15) is 0 Å². The van der Waals surface area contributed by atoms with Gasteiger partial charge in [-0.3, -0.25) is 0 Å². The number of rotatable bonds is 2. The Labute approximate surface area is 114 Å². The van der Waals surface area contributed by atoms with Crippen LogP contribution in [0, 0.1) is 0 Å². The number of hydrogen-bond donors (Lipinski definition) is 1. The van der Waals surface area contributed by atoms with Crippen LogP contribution in [0.1, 0.15) is 6.92 Å². The Morgan fingerprint density at radius 3 is 2.84 bits per heavy atom. The van der Waals surface area contributed by atoms with Gasteiger partial charge in [-0.2, -0.15) is 8.78 Å². The van der Waals surface area contributed by atoms with Crippen LogP contribution in [0.3, 0.4) is 0 Å². The molecule has 1 aliphatic carbocycles. The van der Waals surface area contributed by atoms with Crippen LogP contribution in [0.2, 0.25) is 0 Å². The Hall–Kier alpha value is -1.22. The summed E-state index contributed by atoms with van der Waals surface area (Å²) in [4.78, 5) is 22.9. The normalized spacial score (nSPS) is 35.8. The maximum atomic E-state index is 14.2. The van der Waals surface area contributed by atoms with Gasteiger partial charge >= 0.3 is 23.6 Å². The second kappa shape index (κ2) is 4.41. The zero-order valence-electron chi connectivity index (χ0n) is 9.56. The van der Waals surface area contributed by atoms with Gasteiger partial charge in [0.05, 0.1) is 6.61 Å². The highest BCUT2D eigenvalue weighted by Gasteiger charge is 2.77. The van der Waals surface area contributed by atoms with Crippen LogP contribution in [-0.2, 0) is 19.0 Å². The maximum Gasteiger partial charge on any atom is 0.510 e. The van der Waals surface area contributed by atoms with Crippen molar-refractivity contribution in [2.24, 2.45) is 0 Å². The third-order valence-electron chi connectivity index (χ3n) is 2.86. The van der Waals surface area contributed by atoms with Gasteiger partial charge < -0.3 is 19.3 Å². The lowest BCUT2D eigenvalue weighted by Crippen LogP contribution is -2.67. The highest BCUT2D eigenvalue weighted by atomic mass is 79.9. The van der Waals surface area contributed by atoms with Crippen LogP contribution < -0.4 is 0 Å². The van der Waals surface area contributed by atoms with E-state index in [-0.39, 0.29) is 11.1 Å². The molecule has 0 radical (unpaired) electrons. The minimum Gasteiger partial charge on any atom is -0.463 e. The quantitative estimate of drug-likeness (QED) is 0.757. The maximum absolute atomic E-state index is 14.2. The van der Waals surface area contributed by atoms with Crippen molar-refractivity contribution in [3.63, 3.8) is 0 Å². The molecular weight excluding hydrogens is 334 g/mol. The second-order valence-corrected chi connectivity index (χ2v) is 4.84. The number of ether oxygens (including phenoxy) is 3. The first-order valence-corrected chi connectivity index (χ1v) is 6.06. The van der Waals surface area contributed by atoms with Gasteiger partial charge in [-0.1, -0.05) is 15.9 Å². The highest BCUT2D eigenvalue weighted by Crippen LogP contribution is 2.50. The molecule has 0 unspecified atom stereocenters. The van der Waals surface area contributed by atoms with Crippen molar-refractivity contribution < 1.29 is 37.7 Å². The van der Waals surface area contributed by atoms with E-state index in [1.54, 1.807) is 0 Å². The molecule has 106 valence electrons. The third-order valence-corrected chi connectivity index (χ3v) is 3.56. The molecule has 1 aliphatic heterocycles. The number of aliphatic hydroxyl groups excluding tert-OH is 1. The zero-order valence-corrected chi connectivity index (χ0v) is 11.1. The van der Waals surface area contributed by atoms with E-state index in [1.165, 1.54) is 6.92 Å². The molecule has 0 aromatic carbocycles. The minimum atomic E-state index is -4.09. The Bertz CT molecular complexity index is 465. The number of halogens is 3. The van der Waals surface area contributed by atoms with Gasteiger partial charge in [0.2, 0.25) is 0 Å². The second-order valence-electron chi connectivity index (χ2n) is 3.92. The molecule has 19 heavy (non-hydrogen) atoms. The first kappa shape index (κ1) is 14.2. The molecule has 0 bridgehead atoms. The van der Waals surface area contributed by atoms with E-state index < -0.39 is 35.9 Å². The fraction of sp³-hybridized carbons (Fsp3) is 0.600. The van der Waals surface area contributed by atoms with E-state index >= 15 is 0 Å². The van der Waals surface area contributed by atoms with Crippen LogP contribution in [-0.4, -0.2) is 47.6 Å². The minimum absolute atomic E-state index is 0.193. The molecule has 1 N–H and O–H groups in total. The molecule has 0 spiro atoms. The number of hydrogen-bond acceptors (Lipinski definition) is 6. The molecule has 1 heterocycles. The average molecular weight is 343 g/mol. The fourth-order valence-corrected chi connectivity index (χ4v) is 2.48. The van der Waals surface area contributed by atoms with E-state index in [1.807, 2.05) is 0 Å². The number of aliphatic hydroxyl groups is 1. The van der Waals surface area contributed by atoms with Crippen molar-refractivity contribution in [2.45, 2.75) is 30.7 Å². The molecule has 3 atom stereocenters. The van der Waals surface area contributed by atoms with Gasteiger partial charge in [-0.25, -0.2) is 9.59 Å². The van der Waals surface area contributed by atoms with Gasteiger partial charge in [0.25, 0.3) is 0 Å². The van der Waals surface area contributed by atoms with E-state index in [0.29, 0.717) is 0 Å². The molecule has 2 rings (SSSR count). The van der Waals surface area contributed by atoms with Gasteiger partial charge in [-0.15, -0.1) is 0 Å². The molecule has 0 saturated carbocycles. The lowest BCUT2D eigenvalue weighted by Gasteiger charge is -2.39. The molecular formula is C10H9BrF2O6. The summed E-state index contributed by atoms with van der Waals surface area (Å²) >= 11 is 2.73. The highest BCUT2D eigenvalue weighted by molar-refractivity contribution is 9.11. The standard InChI is InChI=1S/C10H9BrF2O6/c1-2-17-7(15)9-5(18-8(16)19-9)3-4(11)6(14)10(9,12)13/h3,5-6,14H,2H2,1H3/t5-,6-,9+/m0/s1. The number of carbonyl (C=O) groups is 2. The predicted molar refractivity (Wildman–Crippen MR) is 58.7 cm³/mol. The molecule has 1 saturated heterocycles. The van der Waals surface area contributed by atoms with E-state index in [4.69, 9.17) is 0 Å². The largest absolute Gasteiger partial charge is 0.510 e. The molecule has 6 nitrogen and oxygen atoms in total. The lowest BCUT2D eigenvalue weighted by atomic mass is 9.81. The summed E-state index contributed by atoms with van der Waals surface area (Å²) in [5, 5.41) is 9.50. The third kappa shape index (κ3) is 1.75. The first-order chi connectivity index (χ1) is 8.77. The number of alkyl halides is 2. The first-order valence-electron chi connectivity index (χ1n) is 5.27. The predicted octanol–water partition coefficient (Wildman–Crippen LogP) is 1.11. The Morgan fingerprint density at radius 2 is 2.26 bits per heavy atom. The van der Waals surface area contributed by atoms with Crippen LogP contribution in [0.25, 0.3) is 0 Å². The van der Waals surface area contributed by atoms with Gasteiger partial charge in [0.15, 0.2) is 12.2 Å². The van der Waals surface area contributed by atoms with Crippen molar-refractivity contribution in [1.29, 1.82) is 0 Å². The van der Waals surface area contributed by atoms with Crippen molar-refractivity contribution in [3.8, 4) is 0 Å². The Balaban J connectivity index is 2.57. The summed E-state index contributed by atoms with van der Waals surface area (Å²) in [5.41, 5.74) is -3.00. The van der Waals surface area contributed by atoms with E-state index in [0.717, 1.165) is 6.08 Å². The Morgan fingerprint density at radius 1 is 1.63 bits per heavy atom. The average Bonchev–Trinajstić information content (AvgIpc) is 2.65. The molecule has 9 heteroatoms. The van der Waals surface area contributed by atoms with Crippen LogP contribution in [0.5, 0.6) is 0 Å². The monoisotopic (exact) mass is 342 g/mol. The molecule has 1 fully saturated rings. The van der Waals surface area contributed by atoms with Crippen LogP contribution in [0.15, 0.2) is 10.6 Å².